The second-order valence-corrected chi connectivity index (χ2v) is 7.46. The van der Waals surface area contributed by atoms with Gasteiger partial charge < -0.3 is 14.8 Å². The summed E-state index contributed by atoms with van der Waals surface area (Å²) >= 11 is 0. The summed E-state index contributed by atoms with van der Waals surface area (Å²) in [6.07, 6.45) is 0.846. The lowest BCUT2D eigenvalue weighted by atomic mass is 9.97. The zero-order valence-corrected chi connectivity index (χ0v) is 18.2. The second-order valence-electron chi connectivity index (χ2n) is 7.46. The number of amides is 1. The molecule has 0 bridgehead atoms. The van der Waals surface area contributed by atoms with Gasteiger partial charge in [-0.15, -0.1) is 0 Å². The van der Waals surface area contributed by atoms with Crippen LogP contribution >= 0.6 is 0 Å². The Balaban J connectivity index is 1.72. The molecular weight excluding hydrogens is 380 g/mol. The molecule has 0 aliphatic carbocycles. The summed E-state index contributed by atoms with van der Waals surface area (Å²) in [6, 6.07) is 10.8. The van der Waals surface area contributed by atoms with Crippen molar-refractivity contribution in [2.45, 2.75) is 46.7 Å². The van der Waals surface area contributed by atoms with Crippen LogP contribution in [0.2, 0.25) is 0 Å². The molecule has 1 aliphatic rings. The van der Waals surface area contributed by atoms with E-state index in [1.807, 2.05) is 26.8 Å². The molecule has 0 saturated carbocycles. The molecule has 0 saturated heterocycles. The van der Waals surface area contributed by atoms with E-state index >= 15 is 0 Å². The smallest absolute Gasteiger partial charge is 0.241 e. The Morgan fingerprint density at radius 1 is 1.07 bits per heavy atom. The Labute approximate surface area is 178 Å². The van der Waals surface area contributed by atoms with E-state index in [1.165, 1.54) is 12.5 Å². The van der Waals surface area contributed by atoms with Crippen molar-refractivity contribution in [3.8, 4) is 11.5 Å². The molecule has 1 N–H and O–H groups in total. The van der Waals surface area contributed by atoms with Crippen molar-refractivity contribution in [1.29, 1.82) is 0 Å². The van der Waals surface area contributed by atoms with Gasteiger partial charge in [-0.3, -0.25) is 14.5 Å². The van der Waals surface area contributed by atoms with Crippen LogP contribution in [0.15, 0.2) is 36.4 Å². The van der Waals surface area contributed by atoms with Gasteiger partial charge in [0, 0.05) is 24.3 Å². The number of benzene rings is 2. The Morgan fingerprint density at radius 2 is 1.73 bits per heavy atom. The first kappa shape index (κ1) is 21.8. The third-order valence-corrected chi connectivity index (χ3v) is 5.37. The van der Waals surface area contributed by atoms with Crippen LogP contribution in [0.25, 0.3) is 0 Å². The van der Waals surface area contributed by atoms with Gasteiger partial charge in [0.05, 0.1) is 19.3 Å². The summed E-state index contributed by atoms with van der Waals surface area (Å²) in [5, 5.41) is 2.94. The Hall–Kier alpha value is -2.86. The van der Waals surface area contributed by atoms with Crippen LogP contribution in [0.5, 0.6) is 11.5 Å². The summed E-state index contributed by atoms with van der Waals surface area (Å²) in [5.41, 5.74) is 3.61. The molecule has 1 atom stereocenters. The van der Waals surface area contributed by atoms with E-state index in [4.69, 9.17) is 9.47 Å². The minimum Gasteiger partial charge on any atom is -0.490 e. The highest BCUT2D eigenvalue weighted by Gasteiger charge is 2.27. The molecule has 2 aromatic carbocycles. The maximum Gasteiger partial charge on any atom is 0.241 e. The SMILES string of the molecule is CCOc1cc2c(cc1OCC)CN([C@@H](C)C(=O)Nc1cccc(C(C)=O)c1)CC2. The lowest BCUT2D eigenvalue weighted by Crippen LogP contribution is -2.44. The number of carbonyl (C=O) groups is 2. The maximum atomic E-state index is 12.8. The molecule has 2 aromatic rings. The first-order valence-electron chi connectivity index (χ1n) is 10.5. The molecule has 0 radical (unpaired) electrons. The summed E-state index contributed by atoms with van der Waals surface area (Å²) in [4.78, 5) is 26.6. The predicted octanol–water partition coefficient (Wildman–Crippen LogP) is 4.07. The molecule has 1 amide bonds. The molecule has 30 heavy (non-hydrogen) atoms. The summed E-state index contributed by atoms with van der Waals surface area (Å²) in [5.74, 6) is 1.42. The highest BCUT2D eigenvalue weighted by atomic mass is 16.5. The van der Waals surface area contributed by atoms with Gasteiger partial charge in [-0.1, -0.05) is 12.1 Å². The summed E-state index contributed by atoms with van der Waals surface area (Å²) in [7, 11) is 0. The van der Waals surface area contributed by atoms with Crippen molar-refractivity contribution < 1.29 is 19.1 Å². The van der Waals surface area contributed by atoms with E-state index in [0.29, 0.717) is 31.0 Å². The van der Waals surface area contributed by atoms with E-state index in [-0.39, 0.29) is 17.7 Å². The number of Topliss-reactive ketones (excluding diaryl/α,β-unsaturated/α-hetero) is 1. The summed E-state index contributed by atoms with van der Waals surface area (Å²) < 4.78 is 11.5. The zero-order chi connectivity index (χ0) is 21.7. The number of carbonyl (C=O) groups excluding carboxylic acids is 2. The first-order valence-corrected chi connectivity index (χ1v) is 10.5. The summed E-state index contributed by atoms with van der Waals surface area (Å²) in [6.45, 7) is 9.96. The molecule has 0 aromatic heterocycles. The second kappa shape index (κ2) is 9.76. The first-order chi connectivity index (χ1) is 14.4. The van der Waals surface area contributed by atoms with Crippen LogP contribution in [0.3, 0.4) is 0 Å². The number of rotatable bonds is 8. The number of fused-ring (bicyclic) bond motifs is 1. The minimum atomic E-state index is -0.304. The third kappa shape index (κ3) is 5.00. The predicted molar refractivity (Wildman–Crippen MR) is 117 cm³/mol. The molecule has 6 heteroatoms. The van der Waals surface area contributed by atoms with Crippen LogP contribution in [-0.4, -0.2) is 42.4 Å². The van der Waals surface area contributed by atoms with Crippen LogP contribution in [0, 0.1) is 0 Å². The molecule has 160 valence electrons. The number of hydrogen-bond donors (Lipinski definition) is 1. The van der Waals surface area contributed by atoms with Crippen molar-refractivity contribution in [2.24, 2.45) is 0 Å². The normalized spacial score (nSPS) is 14.5. The standard InChI is InChI=1S/C24H30N2O4/c1-5-29-22-13-19-10-11-26(15-20(19)14-23(22)30-6-2)16(3)24(28)25-21-9-7-8-18(12-21)17(4)27/h7-9,12-14,16H,5-6,10-11,15H2,1-4H3,(H,25,28)/t16-/m0/s1. The number of nitrogens with zero attached hydrogens (tertiary/aromatic N) is 1. The van der Waals surface area contributed by atoms with Crippen LogP contribution < -0.4 is 14.8 Å². The lowest BCUT2D eigenvalue weighted by molar-refractivity contribution is -0.121. The highest BCUT2D eigenvalue weighted by molar-refractivity contribution is 5.98. The number of ketones is 1. The Morgan fingerprint density at radius 3 is 2.37 bits per heavy atom. The van der Waals surface area contributed by atoms with Gasteiger partial charge in [-0.25, -0.2) is 0 Å². The lowest BCUT2D eigenvalue weighted by Gasteiger charge is -2.33. The van der Waals surface area contributed by atoms with Crippen molar-refractivity contribution in [2.75, 3.05) is 25.1 Å². The molecule has 0 fully saturated rings. The minimum absolute atomic E-state index is 0.0247. The van der Waals surface area contributed by atoms with Crippen molar-refractivity contribution in [1.82, 2.24) is 4.90 Å². The number of nitrogens with one attached hydrogen (secondary N) is 1. The van der Waals surface area contributed by atoms with Gasteiger partial charge in [-0.2, -0.15) is 0 Å². The van der Waals surface area contributed by atoms with Gasteiger partial charge in [0.1, 0.15) is 0 Å². The molecule has 1 heterocycles. The van der Waals surface area contributed by atoms with E-state index in [2.05, 4.69) is 16.3 Å². The van der Waals surface area contributed by atoms with Crippen molar-refractivity contribution >= 4 is 17.4 Å². The molecule has 6 nitrogen and oxygen atoms in total. The zero-order valence-electron chi connectivity index (χ0n) is 18.2. The molecule has 0 spiro atoms. The van der Waals surface area contributed by atoms with Gasteiger partial charge in [0.2, 0.25) is 5.91 Å². The van der Waals surface area contributed by atoms with Crippen molar-refractivity contribution in [3.63, 3.8) is 0 Å². The molecule has 0 unspecified atom stereocenters. The fourth-order valence-electron chi connectivity index (χ4n) is 3.68. The van der Waals surface area contributed by atoms with E-state index < -0.39 is 0 Å². The van der Waals surface area contributed by atoms with Crippen LogP contribution in [-0.2, 0) is 17.8 Å². The van der Waals surface area contributed by atoms with Crippen LogP contribution in [0.4, 0.5) is 5.69 Å². The van der Waals surface area contributed by atoms with Gasteiger partial charge in [-0.05, 0) is 69.5 Å². The third-order valence-electron chi connectivity index (χ3n) is 5.37. The molecule has 3 rings (SSSR count). The molecular formula is C24H30N2O4. The van der Waals surface area contributed by atoms with Crippen LogP contribution in [0.1, 0.15) is 49.2 Å². The van der Waals surface area contributed by atoms with Gasteiger partial charge in [0.25, 0.3) is 0 Å². The van der Waals surface area contributed by atoms with E-state index in [9.17, 15) is 9.59 Å². The monoisotopic (exact) mass is 410 g/mol. The van der Waals surface area contributed by atoms with E-state index in [1.54, 1.807) is 24.3 Å². The fourth-order valence-corrected chi connectivity index (χ4v) is 3.68. The van der Waals surface area contributed by atoms with Gasteiger partial charge >= 0.3 is 0 Å². The fraction of sp³-hybridized carbons (Fsp3) is 0.417. The van der Waals surface area contributed by atoms with Gasteiger partial charge in [0.15, 0.2) is 17.3 Å². The van der Waals surface area contributed by atoms with Crippen molar-refractivity contribution in [3.05, 3.63) is 53.1 Å². The van der Waals surface area contributed by atoms with E-state index in [0.717, 1.165) is 30.0 Å². The highest BCUT2D eigenvalue weighted by Crippen LogP contribution is 2.34. The number of anilines is 1. The largest absolute Gasteiger partial charge is 0.490 e. The Bertz CT molecular complexity index is 925. The Kier molecular flexibility index (Phi) is 7.11. The quantitative estimate of drug-likeness (QED) is 0.665. The average molecular weight is 411 g/mol. The average Bonchev–Trinajstić information content (AvgIpc) is 2.73. The maximum absolute atomic E-state index is 12.8. The number of hydrogen-bond acceptors (Lipinski definition) is 5. The topological polar surface area (TPSA) is 67.9 Å². The molecule has 1 aliphatic heterocycles. The number of ether oxygens (including phenoxy) is 2.